The Bertz CT molecular complexity index is 951. The second-order valence-corrected chi connectivity index (χ2v) is 8.69. The average Bonchev–Trinajstić information content (AvgIpc) is 3.21. The van der Waals surface area contributed by atoms with Crippen molar-refractivity contribution in [1.29, 1.82) is 0 Å². The normalized spacial score (nSPS) is 16.3. The zero-order chi connectivity index (χ0) is 23.3. The Labute approximate surface area is 192 Å². The van der Waals surface area contributed by atoms with Crippen LogP contribution in [0.15, 0.2) is 34.9 Å². The summed E-state index contributed by atoms with van der Waals surface area (Å²) in [5.74, 6) is 0.229. The van der Waals surface area contributed by atoms with Gasteiger partial charge >= 0.3 is 0 Å². The van der Waals surface area contributed by atoms with Crippen LogP contribution in [0, 0.1) is 18.8 Å². The van der Waals surface area contributed by atoms with Crippen molar-refractivity contribution in [1.82, 2.24) is 15.4 Å². The number of rotatable bonds is 7. The molecule has 2 aromatic rings. The van der Waals surface area contributed by atoms with Crippen molar-refractivity contribution >= 4 is 35.1 Å². The van der Waals surface area contributed by atoms with E-state index in [2.05, 4.69) is 15.8 Å². The van der Waals surface area contributed by atoms with E-state index in [4.69, 9.17) is 16.1 Å². The molecule has 2 heterocycles. The molecule has 1 saturated heterocycles. The molecule has 2 atom stereocenters. The van der Waals surface area contributed by atoms with E-state index >= 15 is 0 Å². The predicted octanol–water partition coefficient (Wildman–Crippen LogP) is 3.66. The maximum absolute atomic E-state index is 13.3. The Morgan fingerprint density at radius 1 is 1.22 bits per heavy atom. The fourth-order valence-corrected chi connectivity index (χ4v) is 3.85. The van der Waals surface area contributed by atoms with Gasteiger partial charge in [0.25, 0.3) is 5.91 Å². The predicted molar refractivity (Wildman–Crippen MR) is 121 cm³/mol. The molecule has 1 aromatic heterocycles. The molecule has 1 fully saturated rings. The molecule has 9 heteroatoms. The van der Waals surface area contributed by atoms with Crippen molar-refractivity contribution in [3.63, 3.8) is 0 Å². The number of anilines is 1. The number of nitrogens with zero attached hydrogens (tertiary/aromatic N) is 2. The monoisotopic (exact) mass is 460 g/mol. The lowest BCUT2D eigenvalue weighted by Crippen LogP contribution is -2.53. The standard InChI is InChI=1S/C23H29ClN4O4/c1-4-14(2)20(26-22(30)16-5-7-18(24)8-6-16)23(31)28-11-9-17(10-12-28)21(29)25-19-13-15(3)32-27-19/h5-8,13-14,17,20H,4,9-12H2,1-3H3,(H,26,30)(H,25,27,29). The van der Waals surface area contributed by atoms with E-state index in [1.807, 2.05) is 13.8 Å². The minimum atomic E-state index is -0.633. The Kier molecular flexibility index (Phi) is 7.90. The van der Waals surface area contributed by atoms with Crippen molar-refractivity contribution < 1.29 is 18.9 Å². The van der Waals surface area contributed by atoms with E-state index in [1.54, 1.807) is 42.2 Å². The van der Waals surface area contributed by atoms with Crippen molar-refractivity contribution in [2.75, 3.05) is 18.4 Å². The van der Waals surface area contributed by atoms with E-state index in [0.717, 1.165) is 6.42 Å². The van der Waals surface area contributed by atoms with Crippen LogP contribution in [-0.4, -0.2) is 46.9 Å². The molecule has 0 radical (unpaired) electrons. The van der Waals surface area contributed by atoms with Gasteiger partial charge in [-0.3, -0.25) is 14.4 Å². The SMILES string of the molecule is CCC(C)C(NC(=O)c1ccc(Cl)cc1)C(=O)N1CCC(C(=O)Nc2cc(C)on2)CC1. The Hall–Kier alpha value is -2.87. The van der Waals surface area contributed by atoms with Gasteiger partial charge in [0, 0.05) is 35.7 Å². The van der Waals surface area contributed by atoms with Crippen molar-refractivity contribution in [2.24, 2.45) is 11.8 Å². The number of amides is 3. The summed E-state index contributed by atoms with van der Waals surface area (Å²) >= 11 is 5.90. The van der Waals surface area contributed by atoms with E-state index in [0.29, 0.717) is 48.1 Å². The van der Waals surface area contributed by atoms with Crippen molar-refractivity contribution in [3.8, 4) is 0 Å². The van der Waals surface area contributed by atoms with E-state index in [1.165, 1.54) is 0 Å². The topological polar surface area (TPSA) is 105 Å². The molecule has 8 nitrogen and oxygen atoms in total. The molecule has 0 bridgehead atoms. The Morgan fingerprint density at radius 2 is 1.88 bits per heavy atom. The molecule has 172 valence electrons. The summed E-state index contributed by atoms with van der Waals surface area (Å²) in [6.45, 7) is 6.61. The number of carbonyl (C=O) groups is 3. The van der Waals surface area contributed by atoms with Crippen LogP contribution in [0.4, 0.5) is 5.82 Å². The number of nitrogens with one attached hydrogen (secondary N) is 2. The molecule has 3 rings (SSSR count). The fourth-order valence-electron chi connectivity index (χ4n) is 3.72. The number of benzene rings is 1. The van der Waals surface area contributed by atoms with Crippen molar-refractivity contribution in [2.45, 2.75) is 46.1 Å². The molecule has 1 aromatic carbocycles. The highest BCUT2D eigenvalue weighted by molar-refractivity contribution is 6.30. The van der Waals surface area contributed by atoms with Gasteiger partial charge < -0.3 is 20.1 Å². The number of hydrogen-bond donors (Lipinski definition) is 2. The third kappa shape index (κ3) is 5.88. The van der Waals surface area contributed by atoms with Crippen LogP contribution in [0.5, 0.6) is 0 Å². The van der Waals surface area contributed by atoms with Crippen LogP contribution < -0.4 is 10.6 Å². The lowest BCUT2D eigenvalue weighted by atomic mass is 9.93. The minimum absolute atomic E-state index is 0.0322. The molecule has 3 amide bonds. The quantitative estimate of drug-likeness (QED) is 0.656. The smallest absolute Gasteiger partial charge is 0.251 e. The lowest BCUT2D eigenvalue weighted by Gasteiger charge is -2.35. The second kappa shape index (κ2) is 10.6. The Morgan fingerprint density at radius 3 is 2.44 bits per heavy atom. The third-order valence-corrected chi connectivity index (χ3v) is 6.18. The summed E-state index contributed by atoms with van der Waals surface area (Å²) in [7, 11) is 0. The molecule has 32 heavy (non-hydrogen) atoms. The van der Waals surface area contributed by atoms with Gasteiger partial charge in [-0.15, -0.1) is 0 Å². The summed E-state index contributed by atoms with van der Waals surface area (Å²) in [6.07, 6.45) is 1.84. The molecule has 1 aliphatic rings. The van der Waals surface area contributed by atoms with Gasteiger partial charge in [-0.25, -0.2) is 0 Å². The van der Waals surface area contributed by atoms with Crippen LogP contribution in [0.2, 0.25) is 5.02 Å². The first kappa shape index (κ1) is 23.8. The second-order valence-electron chi connectivity index (χ2n) is 8.26. The minimum Gasteiger partial charge on any atom is -0.360 e. The van der Waals surface area contributed by atoms with Crippen LogP contribution in [0.1, 0.15) is 49.2 Å². The summed E-state index contributed by atoms with van der Waals surface area (Å²) in [5.41, 5.74) is 0.453. The average molecular weight is 461 g/mol. The highest BCUT2D eigenvalue weighted by atomic mass is 35.5. The summed E-state index contributed by atoms with van der Waals surface area (Å²) < 4.78 is 4.97. The van der Waals surface area contributed by atoms with Gasteiger partial charge in [0.1, 0.15) is 11.8 Å². The maximum Gasteiger partial charge on any atom is 0.251 e. The van der Waals surface area contributed by atoms with Crippen molar-refractivity contribution in [3.05, 3.63) is 46.7 Å². The molecule has 1 aliphatic heterocycles. The number of halogens is 1. The van der Waals surface area contributed by atoms with E-state index in [-0.39, 0.29) is 29.6 Å². The first-order chi connectivity index (χ1) is 15.3. The molecular weight excluding hydrogens is 432 g/mol. The molecule has 0 spiro atoms. The van der Waals surface area contributed by atoms with E-state index < -0.39 is 6.04 Å². The zero-order valence-corrected chi connectivity index (χ0v) is 19.3. The molecule has 2 N–H and O–H groups in total. The van der Waals surface area contributed by atoms with Gasteiger partial charge in [0.05, 0.1) is 0 Å². The number of carbonyl (C=O) groups excluding carboxylic acids is 3. The summed E-state index contributed by atoms with van der Waals surface area (Å²) in [5, 5.41) is 9.99. The number of hydrogen-bond acceptors (Lipinski definition) is 5. The molecule has 2 unspecified atom stereocenters. The van der Waals surface area contributed by atoms with Gasteiger partial charge in [-0.1, -0.05) is 37.0 Å². The van der Waals surface area contributed by atoms with E-state index in [9.17, 15) is 14.4 Å². The number of aryl methyl sites for hydroxylation is 1. The first-order valence-electron chi connectivity index (χ1n) is 10.9. The molecule has 0 saturated carbocycles. The molecule has 0 aliphatic carbocycles. The van der Waals surface area contributed by atoms with Crippen LogP contribution in [0.3, 0.4) is 0 Å². The number of likely N-dealkylation sites (tertiary alicyclic amines) is 1. The fraction of sp³-hybridized carbons (Fsp3) is 0.478. The highest BCUT2D eigenvalue weighted by Gasteiger charge is 2.34. The maximum atomic E-state index is 13.3. The van der Waals surface area contributed by atoms with Crippen LogP contribution in [-0.2, 0) is 9.59 Å². The largest absolute Gasteiger partial charge is 0.360 e. The summed E-state index contributed by atoms with van der Waals surface area (Å²) in [6, 6.07) is 7.59. The molecular formula is C23H29ClN4O4. The summed E-state index contributed by atoms with van der Waals surface area (Å²) in [4.78, 5) is 40.2. The Balaban J connectivity index is 1.59. The van der Waals surface area contributed by atoms with Crippen LogP contribution >= 0.6 is 11.6 Å². The zero-order valence-electron chi connectivity index (χ0n) is 18.6. The highest BCUT2D eigenvalue weighted by Crippen LogP contribution is 2.22. The van der Waals surface area contributed by atoms with Gasteiger partial charge in [-0.05, 0) is 49.9 Å². The number of aromatic nitrogens is 1. The first-order valence-corrected chi connectivity index (χ1v) is 11.3. The third-order valence-electron chi connectivity index (χ3n) is 5.93. The number of piperidine rings is 1. The van der Waals surface area contributed by atoms with Gasteiger partial charge in [0.15, 0.2) is 5.82 Å². The lowest BCUT2D eigenvalue weighted by molar-refractivity contribution is -0.137. The van der Waals surface area contributed by atoms with Gasteiger partial charge in [0.2, 0.25) is 11.8 Å². The van der Waals surface area contributed by atoms with Gasteiger partial charge in [-0.2, -0.15) is 0 Å². The van der Waals surface area contributed by atoms with Crippen LogP contribution in [0.25, 0.3) is 0 Å².